The highest BCUT2D eigenvalue weighted by atomic mass is 16.2. The van der Waals surface area contributed by atoms with Gasteiger partial charge in [-0.25, -0.2) is 14.7 Å². The van der Waals surface area contributed by atoms with Crippen LogP contribution in [0.5, 0.6) is 0 Å². The van der Waals surface area contributed by atoms with E-state index in [9.17, 15) is 14.4 Å². The van der Waals surface area contributed by atoms with Gasteiger partial charge in [-0.2, -0.15) is 0 Å². The predicted molar refractivity (Wildman–Crippen MR) is 118 cm³/mol. The molecule has 3 aliphatic heterocycles. The van der Waals surface area contributed by atoms with Crippen molar-refractivity contribution in [2.24, 2.45) is 11.8 Å². The Morgan fingerprint density at radius 3 is 2.26 bits per heavy atom. The van der Waals surface area contributed by atoms with E-state index in [2.05, 4.69) is 29.5 Å². The molecular weight excluding hydrogens is 394 g/mol. The number of aromatic nitrogens is 2. The third kappa shape index (κ3) is 3.07. The predicted octanol–water partition coefficient (Wildman–Crippen LogP) is 2.57. The number of piperidine rings is 2. The van der Waals surface area contributed by atoms with Gasteiger partial charge in [0, 0.05) is 18.1 Å². The molecule has 8 nitrogen and oxygen atoms in total. The standard InChI is InChI=1S/C23H29N5O3/c1-12-9-13(2)17-11-14(10-16(12)24-17)27-18-8-6-5-7-15(18)25-19(20(27)29)28-21(30)23(3,4)26-22(28)31/h5-8,12-14,16-17,24H,9-11H2,1-4H3,(H,26,31)/t12?,13?,14?,16-,17?/m1/s1. The van der Waals surface area contributed by atoms with Gasteiger partial charge in [0.2, 0.25) is 5.82 Å². The summed E-state index contributed by atoms with van der Waals surface area (Å²) in [6.07, 6.45) is 2.86. The fraction of sp³-hybridized carbons (Fsp3) is 0.565. The van der Waals surface area contributed by atoms with Gasteiger partial charge in [0.1, 0.15) is 5.54 Å². The van der Waals surface area contributed by atoms with Gasteiger partial charge in [-0.15, -0.1) is 0 Å². The molecule has 8 heteroatoms. The molecule has 0 aliphatic carbocycles. The molecule has 0 saturated carbocycles. The van der Waals surface area contributed by atoms with Crippen molar-refractivity contribution in [1.82, 2.24) is 20.2 Å². The van der Waals surface area contributed by atoms with Crippen LogP contribution in [0.4, 0.5) is 10.6 Å². The van der Waals surface area contributed by atoms with Crippen LogP contribution in [-0.2, 0) is 4.79 Å². The molecule has 4 heterocycles. The van der Waals surface area contributed by atoms with Crippen molar-refractivity contribution in [1.29, 1.82) is 0 Å². The van der Waals surface area contributed by atoms with Gasteiger partial charge < -0.3 is 15.2 Å². The van der Waals surface area contributed by atoms with E-state index in [1.807, 2.05) is 24.3 Å². The summed E-state index contributed by atoms with van der Waals surface area (Å²) in [7, 11) is 0. The van der Waals surface area contributed by atoms with Crippen LogP contribution in [0, 0.1) is 11.8 Å². The van der Waals surface area contributed by atoms with Gasteiger partial charge in [-0.05, 0) is 57.1 Å². The first-order chi connectivity index (χ1) is 14.7. The Morgan fingerprint density at radius 2 is 1.65 bits per heavy atom. The highest BCUT2D eigenvalue weighted by Crippen LogP contribution is 2.39. The molecular formula is C23H29N5O3. The quantitative estimate of drug-likeness (QED) is 0.724. The Kier molecular flexibility index (Phi) is 4.48. The van der Waals surface area contributed by atoms with Gasteiger partial charge >= 0.3 is 6.03 Å². The number of hydrogen-bond acceptors (Lipinski definition) is 5. The zero-order chi connectivity index (χ0) is 22.1. The third-order valence-corrected chi connectivity index (χ3v) is 7.31. The largest absolute Gasteiger partial charge is 0.331 e. The van der Waals surface area contributed by atoms with E-state index in [0.29, 0.717) is 29.4 Å². The van der Waals surface area contributed by atoms with E-state index in [4.69, 9.17) is 0 Å². The van der Waals surface area contributed by atoms with Crippen molar-refractivity contribution in [2.45, 2.75) is 70.6 Å². The summed E-state index contributed by atoms with van der Waals surface area (Å²) in [5.41, 5.74) is -0.108. The molecule has 0 radical (unpaired) electrons. The van der Waals surface area contributed by atoms with Gasteiger partial charge in [0.05, 0.1) is 11.0 Å². The van der Waals surface area contributed by atoms with Crippen molar-refractivity contribution in [2.75, 3.05) is 4.90 Å². The highest BCUT2D eigenvalue weighted by Gasteiger charge is 2.47. The summed E-state index contributed by atoms with van der Waals surface area (Å²) < 4.78 is 1.79. The van der Waals surface area contributed by atoms with Crippen molar-refractivity contribution < 1.29 is 9.59 Å². The summed E-state index contributed by atoms with van der Waals surface area (Å²) in [4.78, 5) is 44.7. The fourth-order valence-corrected chi connectivity index (χ4v) is 5.60. The van der Waals surface area contributed by atoms with Crippen molar-refractivity contribution >= 4 is 28.8 Å². The molecule has 1 aromatic carbocycles. The second-order valence-corrected chi connectivity index (χ2v) is 9.99. The fourth-order valence-electron chi connectivity index (χ4n) is 5.60. The third-order valence-electron chi connectivity index (χ3n) is 7.31. The number of amides is 3. The molecule has 1 aromatic heterocycles. The summed E-state index contributed by atoms with van der Waals surface area (Å²) in [6, 6.07) is 7.53. The van der Waals surface area contributed by atoms with Crippen molar-refractivity contribution in [3.05, 3.63) is 34.6 Å². The van der Waals surface area contributed by atoms with E-state index in [1.165, 1.54) is 6.42 Å². The van der Waals surface area contributed by atoms with Gasteiger partial charge in [-0.1, -0.05) is 26.0 Å². The van der Waals surface area contributed by atoms with Gasteiger partial charge in [0.25, 0.3) is 11.5 Å². The average molecular weight is 424 g/mol. The molecule has 164 valence electrons. The highest BCUT2D eigenvalue weighted by molar-refractivity contribution is 6.22. The monoisotopic (exact) mass is 423 g/mol. The summed E-state index contributed by atoms with van der Waals surface area (Å²) in [5, 5.41) is 6.40. The maximum absolute atomic E-state index is 13.8. The minimum Gasteiger partial charge on any atom is -0.323 e. The van der Waals surface area contributed by atoms with Gasteiger partial charge in [-0.3, -0.25) is 9.59 Å². The molecule has 2 N–H and O–H groups in total. The number of fused-ring (bicyclic) bond motifs is 3. The minimum atomic E-state index is -1.07. The maximum Gasteiger partial charge on any atom is 0.331 e. The SMILES string of the molecule is CC1CC(C)[C@H]2CC(n3c(=O)c(N4C(=O)NC(C)(C)C4=O)nc4ccccc43)CC1N2. The summed E-state index contributed by atoms with van der Waals surface area (Å²) in [6.45, 7) is 7.79. The molecule has 3 fully saturated rings. The summed E-state index contributed by atoms with van der Waals surface area (Å²) in [5.74, 6) is 0.484. The lowest BCUT2D eigenvalue weighted by molar-refractivity contribution is -0.121. The van der Waals surface area contributed by atoms with E-state index < -0.39 is 17.5 Å². The van der Waals surface area contributed by atoms with E-state index in [1.54, 1.807) is 18.4 Å². The van der Waals surface area contributed by atoms with Crippen molar-refractivity contribution in [3.63, 3.8) is 0 Å². The van der Waals surface area contributed by atoms with Gasteiger partial charge in [0.15, 0.2) is 0 Å². The molecule has 4 unspecified atom stereocenters. The Labute approximate surface area is 181 Å². The molecule has 3 aliphatic rings. The van der Waals surface area contributed by atoms with Crippen LogP contribution in [0.15, 0.2) is 29.1 Å². The molecule has 5 rings (SSSR count). The number of carbonyl (C=O) groups is 2. The molecule has 2 bridgehead atoms. The number of carbonyl (C=O) groups excluding carboxylic acids is 2. The Bertz CT molecular complexity index is 1120. The molecule has 0 spiro atoms. The number of nitrogens with zero attached hydrogens (tertiary/aromatic N) is 3. The maximum atomic E-state index is 13.8. The number of rotatable bonds is 2. The van der Waals surface area contributed by atoms with E-state index in [0.717, 1.165) is 23.3 Å². The topological polar surface area (TPSA) is 96.3 Å². The number of imide groups is 1. The average Bonchev–Trinajstić information content (AvgIpc) is 2.92. The van der Waals surface area contributed by atoms with Crippen LogP contribution in [0.3, 0.4) is 0 Å². The number of urea groups is 1. The van der Waals surface area contributed by atoms with E-state index in [-0.39, 0.29) is 17.4 Å². The zero-order valence-electron chi connectivity index (χ0n) is 18.4. The molecule has 3 amide bonds. The van der Waals surface area contributed by atoms with Crippen molar-refractivity contribution in [3.8, 4) is 0 Å². The Hall–Kier alpha value is -2.74. The van der Waals surface area contributed by atoms with Crippen LogP contribution in [0.1, 0.15) is 53.0 Å². The molecule has 3 saturated heterocycles. The zero-order valence-corrected chi connectivity index (χ0v) is 18.4. The summed E-state index contributed by atoms with van der Waals surface area (Å²) >= 11 is 0. The number of nitrogens with one attached hydrogen (secondary N) is 2. The second-order valence-electron chi connectivity index (χ2n) is 9.99. The second kappa shape index (κ2) is 6.88. The molecule has 2 aromatic rings. The lowest BCUT2D eigenvalue weighted by Gasteiger charge is -2.47. The normalized spacial score (nSPS) is 32.4. The van der Waals surface area contributed by atoms with E-state index >= 15 is 0 Å². The van der Waals surface area contributed by atoms with Crippen LogP contribution < -0.4 is 21.1 Å². The Morgan fingerprint density at radius 1 is 1.00 bits per heavy atom. The van der Waals surface area contributed by atoms with Crippen LogP contribution in [0.2, 0.25) is 0 Å². The number of benzene rings is 1. The Balaban J connectivity index is 1.67. The minimum absolute atomic E-state index is 0.0191. The molecule has 31 heavy (non-hydrogen) atoms. The lowest BCUT2D eigenvalue weighted by Crippen LogP contribution is -2.56. The van der Waals surface area contributed by atoms with Crippen LogP contribution in [0.25, 0.3) is 11.0 Å². The molecule has 5 atom stereocenters. The number of anilines is 1. The van der Waals surface area contributed by atoms with Crippen LogP contribution >= 0.6 is 0 Å². The lowest BCUT2D eigenvalue weighted by atomic mass is 9.73. The van der Waals surface area contributed by atoms with Crippen LogP contribution in [-0.4, -0.2) is 39.1 Å². The smallest absolute Gasteiger partial charge is 0.323 e. The first-order valence-electron chi connectivity index (χ1n) is 11.1. The first kappa shape index (κ1) is 20.2. The number of para-hydroxylation sites is 2. The first-order valence-corrected chi connectivity index (χ1v) is 11.1. The number of hydrogen-bond donors (Lipinski definition) is 2.